The van der Waals surface area contributed by atoms with Crippen molar-refractivity contribution < 1.29 is 83.6 Å². The molecule has 2 aromatic rings. The molecule has 178 valence electrons. The number of benzene rings is 1. The summed E-state index contributed by atoms with van der Waals surface area (Å²) in [7, 11) is -21.3. The smallest absolute Gasteiger partial charge is 0.302 e. The molecule has 0 radical (unpaired) electrons. The van der Waals surface area contributed by atoms with Gasteiger partial charge in [-0.25, -0.2) is 4.39 Å². The van der Waals surface area contributed by atoms with E-state index in [1.165, 1.54) is 6.07 Å². The first-order valence-electron chi connectivity index (χ1n) is 6.18. The van der Waals surface area contributed by atoms with E-state index in [0.29, 0.717) is 0 Å². The molecule has 0 aliphatic rings. The van der Waals surface area contributed by atoms with Crippen molar-refractivity contribution in [2.45, 2.75) is 0 Å². The van der Waals surface area contributed by atoms with E-state index in [1.54, 1.807) is 0 Å². The van der Waals surface area contributed by atoms with Gasteiger partial charge < -0.3 is 4.98 Å². The Morgan fingerprint density at radius 2 is 1.07 bits per heavy atom. The van der Waals surface area contributed by atoms with Crippen LogP contribution in [-0.2, 0) is 20.1 Å². The summed E-state index contributed by atoms with van der Waals surface area (Å²) >= 11 is 0. The molecule has 0 saturated carbocycles. The first-order valence-corrected chi connectivity index (χ1v) is 10.2. The van der Waals surface area contributed by atoms with Crippen LogP contribution in [0.15, 0.2) is 30.5 Å². The van der Waals surface area contributed by atoms with Crippen molar-refractivity contribution in [3.63, 3.8) is 0 Å². The van der Waals surface area contributed by atoms with Gasteiger partial charge in [0, 0.05) is 11.6 Å². The molecule has 0 aliphatic carbocycles. The van der Waals surface area contributed by atoms with E-state index in [2.05, 4.69) is 11.1 Å². The summed E-state index contributed by atoms with van der Waals surface area (Å²) in [6.07, 6.45) is 0.964. The number of hydrogen-bond donors (Lipinski definition) is 0. The van der Waals surface area contributed by atoms with E-state index >= 15 is 0 Å². The number of pyridine rings is 1. The summed E-state index contributed by atoms with van der Waals surface area (Å²) in [5.74, 6) is -1.99. The largest absolute Gasteiger partial charge is 3.00 e. The van der Waals surface area contributed by atoms with Crippen molar-refractivity contribution in [2.24, 2.45) is 0 Å². The summed E-state index contributed by atoms with van der Waals surface area (Å²) < 4.78 is 157. The quantitative estimate of drug-likeness (QED) is 0.165. The van der Waals surface area contributed by atoms with E-state index in [-0.39, 0.29) is 31.4 Å². The van der Waals surface area contributed by atoms with Gasteiger partial charge in [0.25, 0.3) is 0 Å². The van der Waals surface area contributed by atoms with Gasteiger partial charge >= 0.3 is 86.1 Å². The van der Waals surface area contributed by atoms with Gasteiger partial charge in [0.15, 0.2) is 0 Å². The second kappa shape index (κ2) is 7.75. The Labute approximate surface area is 170 Å². The van der Waals surface area contributed by atoms with Gasteiger partial charge in [-0.15, -0.1) is 12.1 Å². The zero-order chi connectivity index (χ0) is 23.7. The molecule has 0 amide bonds. The predicted octanol–water partition coefficient (Wildman–Crippen LogP) is 9.73. The van der Waals surface area contributed by atoms with Crippen molar-refractivity contribution in [3.05, 3.63) is 54.0 Å². The predicted molar refractivity (Wildman–Crippen MR) is 75.5 cm³/mol. The van der Waals surface area contributed by atoms with Gasteiger partial charge in [0.05, 0.1) is 6.20 Å². The van der Waals surface area contributed by atoms with Gasteiger partial charge in [-0.3, -0.25) is 8.78 Å². The van der Waals surface area contributed by atoms with Crippen molar-refractivity contribution in [1.82, 2.24) is 4.98 Å². The van der Waals surface area contributed by atoms with Crippen molar-refractivity contribution >= 4 is 15.6 Å². The Kier molecular flexibility index (Phi) is 8.02. The maximum Gasteiger partial charge on any atom is 3.00 e. The van der Waals surface area contributed by atoms with Gasteiger partial charge in [-0.05, 0) is 11.8 Å². The average Bonchev–Trinajstić information content (AvgIpc) is 2.33. The van der Waals surface area contributed by atoms with E-state index in [0.717, 1.165) is 24.4 Å². The summed E-state index contributed by atoms with van der Waals surface area (Å²) in [5, 5.41) is 0. The Balaban J connectivity index is 0. The zero-order valence-corrected chi connectivity index (χ0v) is 17.4. The summed E-state index contributed by atoms with van der Waals surface area (Å²) in [6.45, 7) is 0. The van der Waals surface area contributed by atoms with Crippen LogP contribution in [0.25, 0.3) is 11.3 Å². The molecule has 1 aromatic carbocycles. The molecule has 0 atom stereocenters. The van der Waals surface area contributed by atoms with Gasteiger partial charge in [-0.1, -0.05) is 17.7 Å². The van der Waals surface area contributed by atoms with Crippen LogP contribution in [0.2, 0.25) is 0 Å². The molecule has 0 N–H and O–H groups in total. The standard InChI is InChI=1S/C11H5F3N.2F6P.Ir/c12-7-1-3-9(10(14)5-7)11-4-2-8(13)6-15-11;2*1-7(2,3,4,5)6;/h1-2,4-6H;;;/q3*-1;+3. The van der Waals surface area contributed by atoms with E-state index in [9.17, 15) is 63.5 Å². The third-order valence-electron chi connectivity index (χ3n) is 1.84. The molecule has 0 unspecified atom stereocenters. The summed E-state index contributed by atoms with van der Waals surface area (Å²) in [4.78, 5) is 3.67. The van der Waals surface area contributed by atoms with Crippen LogP contribution in [0, 0.1) is 23.5 Å². The van der Waals surface area contributed by atoms with Crippen LogP contribution in [0.4, 0.5) is 63.5 Å². The molecular weight excluding hydrogens is 685 g/mol. The minimum absolute atomic E-state index is 0. The Morgan fingerprint density at radius 3 is 1.37 bits per heavy atom. The third kappa shape index (κ3) is 26.8. The second-order valence-corrected chi connectivity index (χ2v) is 8.65. The topological polar surface area (TPSA) is 12.9 Å². The van der Waals surface area contributed by atoms with Crippen LogP contribution in [-0.4, -0.2) is 4.98 Å². The average molecular weight is 690 g/mol. The van der Waals surface area contributed by atoms with Crippen LogP contribution in [0.1, 0.15) is 0 Å². The molecule has 1 nitrogen and oxygen atoms in total. The fourth-order valence-corrected chi connectivity index (χ4v) is 1.16. The minimum atomic E-state index is -10.7. The fraction of sp³-hybridized carbons (Fsp3) is 0. The summed E-state index contributed by atoms with van der Waals surface area (Å²) in [5.41, 5.74) is 0.241. The minimum Gasteiger partial charge on any atom is -0.302 e. The number of rotatable bonds is 1. The number of halogens is 15. The number of aromatic nitrogens is 1. The maximum atomic E-state index is 13.2. The van der Waals surface area contributed by atoms with Crippen LogP contribution in [0.5, 0.6) is 0 Å². The molecule has 1 heterocycles. The first kappa shape index (κ1) is 31.0. The van der Waals surface area contributed by atoms with E-state index in [4.69, 9.17) is 0 Å². The molecule has 30 heavy (non-hydrogen) atoms. The maximum absolute atomic E-state index is 13.2. The zero-order valence-electron chi connectivity index (χ0n) is 13.2. The van der Waals surface area contributed by atoms with Crippen LogP contribution in [0.3, 0.4) is 0 Å². The fourth-order valence-electron chi connectivity index (χ4n) is 1.16. The van der Waals surface area contributed by atoms with Gasteiger partial charge in [-0.2, -0.15) is 0 Å². The Hall–Kier alpha value is -1.17. The molecule has 2 rings (SSSR count). The molecule has 0 aliphatic heterocycles. The molecular formula is C11H5F15IrNP2. The number of hydrogen-bond acceptors (Lipinski definition) is 1. The van der Waals surface area contributed by atoms with Crippen molar-refractivity contribution in [3.8, 4) is 11.3 Å². The number of nitrogens with zero attached hydrogens (tertiary/aromatic N) is 1. The summed E-state index contributed by atoms with van der Waals surface area (Å²) in [6, 6.07) is 6.60. The SMILES string of the molecule is F[P-](F)(F)(F)(F)F.F[P-](F)(F)(F)(F)F.Fc1ccc(-c2[c-]cc(F)cc2F)nc1.[Ir+3]. The third-order valence-corrected chi connectivity index (χ3v) is 1.84. The molecule has 1 aromatic heterocycles. The Morgan fingerprint density at radius 1 is 0.667 bits per heavy atom. The van der Waals surface area contributed by atoms with E-state index < -0.39 is 33.1 Å². The van der Waals surface area contributed by atoms with Crippen LogP contribution < -0.4 is 0 Å². The molecule has 0 spiro atoms. The van der Waals surface area contributed by atoms with Crippen molar-refractivity contribution in [2.75, 3.05) is 0 Å². The Bertz CT molecular complexity index is 807. The molecule has 0 fully saturated rings. The van der Waals surface area contributed by atoms with E-state index in [1.807, 2.05) is 0 Å². The second-order valence-electron chi connectivity index (χ2n) is 4.82. The molecule has 0 saturated heterocycles. The first-order chi connectivity index (χ1) is 12.1. The monoisotopic (exact) mass is 691 g/mol. The molecule has 19 heteroatoms. The van der Waals surface area contributed by atoms with Crippen molar-refractivity contribution in [1.29, 1.82) is 0 Å². The van der Waals surface area contributed by atoms with Crippen LogP contribution >= 0.6 is 15.6 Å². The van der Waals surface area contributed by atoms with Gasteiger partial charge in [0.2, 0.25) is 0 Å². The van der Waals surface area contributed by atoms with Gasteiger partial charge in [0.1, 0.15) is 5.82 Å². The molecule has 0 bridgehead atoms. The normalized spacial score (nSPS) is 16.0.